The molecule has 1 heterocycles. The second-order valence-corrected chi connectivity index (χ2v) is 6.18. The van der Waals surface area contributed by atoms with E-state index in [2.05, 4.69) is 10.3 Å². The van der Waals surface area contributed by atoms with Crippen LogP contribution in [0.5, 0.6) is 5.75 Å². The van der Waals surface area contributed by atoms with E-state index in [4.69, 9.17) is 4.74 Å². The maximum Gasteiger partial charge on any atom is 0.234 e. The van der Waals surface area contributed by atoms with E-state index in [1.807, 2.05) is 28.8 Å². The zero-order valence-corrected chi connectivity index (χ0v) is 14.6. The fraction of sp³-hybridized carbons (Fsp3) is 0.111. The van der Waals surface area contributed by atoms with Crippen molar-refractivity contribution in [3.8, 4) is 11.4 Å². The predicted molar refractivity (Wildman–Crippen MR) is 95.8 cm³/mol. The normalized spacial score (nSPS) is 10.6. The van der Waals surface area contributed by atoms with Crippen LogP contribution in [-0.4, -0.2) is 28.3 Å². The van der Waals surface area contributed by atoms with E-state index in [1.54, 1.807) is 19.5 Å². The third kappa shape index (κ3) is 4.20. The third-order valence-corrected chi connectivity index (χ3v) is 4.44. The van der Waals surface area contributed by atoms with Gasteiger partial charge in [-0.1, -0.05) is 17.8 Å². The Morgan fingerprint density at radius 3 is 2.92 bits per heavy atom. The lowest BCUT2D eigenvalue weighted by Gasteiger charge is -2.09. The van der Waals surface area contributed by atoms with Crippen molar-refractivity contribution in [2.75, 3.05) is 18.2 Å². The first-order chi connectivity index (χ1) is 12.6. The molecule has 5 nitrogen and oxygen atoms in total. The SMILES string of the molecule is COc1cccc(-n2ccnc2SCC(=O)Nc2cc(F)ccc2F)c1. The summed E-state index contributed by atoms with van der Waals surface area (Å²) in [5.41, 5.74) is 0.646. The minimum Gasteiger partial charge on any atom is -0.497 e. The summed E-state index contributed by atoms with van der Waals surface area (Å²) in [5, 5.41) is 2.95. The largest absolute Gasteiger partial charge is 0.497 e. The Bertz CT molecular complexity index is 930. The summed E-state index contributed by atoms with van der Waals surface area (Å²) in [4.78, 5) is 16.3. The van der Waals surface area contributed by atoms with E-state index in [0.717, 1.165) is 23.9 Å². The molecular weight excluding hydrogens is 360 g/mol. The summed E-state index contributed by atoms with van der Waals surface area (Å²) in [7, 11) is 1.58. The van der Waals surface area contributed by atoms with E-state index in [-0.39, 0.29) is 11.4 Å². The van der Waals surface area contributed by atoms with Crippen LogP contribution in [0, 0.1) is 11.6 Å². The van der Waals surface area contributed by atoms with Crippen LogP contribution < -0.4 is 10.1 Å². The molecule has 0 radical (unpaired) electrons. The molecule has 26 heavy (non-hydrogen) atoms. The fourth-order valence-electron chi connectivity index (χ4n) is 2.26. The smallest absolute Gasteiger partial charge is 0.234 e. The van der Waals surface area contributed by atoms with E-state index in [9.17, 15) is 13.6 Å². The Labute approximate surface area is 153 Å². The molecule has 0 atom stereocenters. The monoisotopic (exact) mass is 375 g/mol. The van der Waals surface area contributed by atoms with Gasteiger partial charge < -0.3 is 10.1 Å². The molecule has 1 amide bonds. The highest BCUT2D eigenvalue weighted by atomic mass is 32.2. The number of anilines is 1. The molecule has 0 bridgehead atoms. The number of hydrogen-bond acceptors (Lipinski definition) is 4. The molecule has 0 aliphatic carbocycles. The number of nitrogens with one attached hydrogen (secondary N) is 1. The quantitative estimate of drug-likeness (QED) is 0.664. The minimum absolute atomic E-state index is 0.00304. The number of benzene rings is 2. The van der Waals surface area contributed by atoms with Crippen LogP contribution in [0.1, 0.15) is 0 Å². The first kappa shape index (κ1) is 17.9. The van der Waals surface area contributed by atoms with E-state index < -0.39 is 17.5 Å². The Hall–Kier alpha value is -2.87. The number of rotatable bonds is 6. The number of carbonyl (C=O) groups excluding carboxylic acids is 1. The van der Waals surface area contributed by atoms with Crippen molar-refractivity contribution < 1.29 is 18.3 Å². The highest BCUT2D eigenvalue weighted by molar-refractivity contribution is 7.99. The highest BCUT2D eigenvalue weighted by Gasteiger charge is 2.12. The highest BCUT2D eigenvalue weighted by Crippen LogP contribution is 2.23. The molecule has 1 N–H and O–H groups in total. The number of amides is 1. The number of aromatic nitrogens is 2. The lowest BCUT2D eigenvalue weighted by Crippen LogP contribution is -2.15. The van der Waals surface area contributed by atoms with Gasteiger partial charge in [0, 0.05) is 24.5 Å². The number of thioether (sulfide) groups is 1. The number of ether oxygens (including phenoxy) is 1. The van der Waals surface area contributed by atoms with Crippen LogP contribution in [0.25, 0.3) is 5.69 Å². The Balaban J connectivity index is 1.68. The van der Waals surface area contributed by atoms with Gasteiger partial charge in [-0.05, 0) is 24.3 Å². The number of nitrogens with zero attached hydrogens (tertiary/aromatic N) is 2. The molecule has 0 saturated carbocycles. The van der Waals surface area contributed by atoms with Crippen molar-refractivity contribution in [2.45, 2.75) is 5.16 Å². The van der Waals surface area contributed by atoms with Crippen LogP contribution in [-0.2, 0) is 4.79 Å². The molecule has 0 spiro atoms. The number of imidazole rings is 1. The molecule has 8 heteroatoms. The van der Waals surface area contributed by atoms with E-state index >= 15 is 0 Å². The number of halogens is 2. The molecular formula is C18H15F2N3O2S. The van der Waals surface area contributed by atoms with E-state index in [1.165, 1.54) is 11.8 Å². The molecule has 0 aliphatic heterocycles. The molecule has 134 valence electrons. The summed E-state index contributed by atoms with van der Waals surface area (Å²) in [6, 6.07) is 10.3. The van der Waals surface area contributed by atoms with Crippen molar-refractivity contribution in [3.05, 3.63) is 66.5 Å². The molecule has 0 unspecified atom stereocenters. The van der Waals surface area contributed by atoms with Crippen LogP contribution in [0.2, 0.25) is 0 Å². The summed E-state index contributed by atoms with van der Waals surface area (Å²) >= 11 is 1.18. The van der Waals surface area contributed by atoms with Crippen molar-refractivity contribution in [1.82, 2.24) is 9.55 Å². The Morgan fingerprint density at radius 1 is 1.27 bits per heavy atom. The molecule has 3 aromatic rings. The molecule has 1 aromatic heterocycles. The van der Waals surface area contributed by atoms with Gasteiger partial charge in [0.05, 0.1) is 24.2 Å². The first-order valence-corrected chi connectivity index (χ1v) is 8.61. The standard InChI is InChI=1S/C18H15F2N3O2S/c1-25-14-4-2-3-13(10-14)23-8-7-21-18(23)26-11-17(24)22-16-9-12(19)5-6-15(16)20/h2-10H,11H2,1H3,(H,22,24). The molecule has 0 saturated heterocycles. The van der Waals surface area contributed by atoms with Gasteiger partial charge in [0.15, 0.2) is 5.16 Å². The summed E-state index contributed by atoms with van der Waals surface area (Å²) < 4.78 is 33.8. The average molecular weight is 375 g/mol. The summed E-state index contributed by atoms with van der Waals surface area (Å²) in [6.07, 6.45) is 3.38. The zero-order valence-electron chi connectivity index (χ0n) is 13.8. The van der Waals surface area contributed by atoms with Crippen LogP contribution in [0.4, 0.5) is 14.5 Å². The maximum absolute atomic E-state index is 13.6. The minimum atomic E-state index is -0.692. The summed E-state index contributed by atoms with van der Waals surface area (Å²) in [5.74, 6) is -1.08. The number of methoxy groups -OCH3 is 1. The number of hydrogen-bond donors (Lipinski definition) is 1. The van der Waals surface area contributed by atoms with Gasteiger partial charge in [0.1, 0.15) is 17.4 Å². The fourth-order valence-corrected chi connectivity index (χ4v) is 3.04. The van der Waals surface area contributed by atoms with Gasteiger partial charge in [-0.2, -0.15) is 0 Å². The summed E-state index contributed by atoms with van der Waals surface area (Å²) in [6.45, 7) is 0. The van der Waals surface area contributed by atoms with Gasteiger partial charge in [0.2, 0.25) is 5.91 Å². The third-order valence-electron chi connectivity index (χ3n) is 3.47. The molecule has 0 aliphatic rings. The second kappa shape index (κ2) is 8.01. The van der Waals surface area contributed by atoms with Crippen LogP contribution in [0.3, 0.4) is 0 Å². The van der Waals surface area contributed by atoms with Crippen molar-refractivity contribution in [1.29, 1.82) is 0 Å². The Morgan fingerprint density at radius 2 is 2.12 bits per heavy atom. The van der Waals surface area contributed by atoms with Gasteiger partial charge >= 0.3 is 0 Å². The lowest BCUT2D eigenvalue weighted by atomic mass is 10.3. The maximum atomic E-state index is 13.6. The van der Waals surface area contributed by atoms with Gasteiger partial charge in [-0.3, -0.25) is 9.36 Å². The predicted octanol–water partition coefficient (Wildman–Crippen LogP) is 3.89. The van der Waals surface area contributed by atoms with Crippen molar-refractivity contribution in [2.24, 2.45) is 0 Å². The van der Waals surface area contributed by atoms with Gasteiger partial charge in [-0.15, -0.1) is 0 Å². The van der Waals surface area contributed by atoms with Crippen molar-refractivity contribution >= 4 is 23.4 Å². The lowest BCUT2D eigenvalue weighted by molar-refractivity contribution is -0.113. The van der Waals surface area contributed by atoms with E-state index in [0.29, 0.717) is 10.9 Å². The molecule has 0 fully saturated rings. The van der Waals surface area contributed by atoms with Crippen molar-refractivity contribution in [3.63, 3.8) is 0 Å². The van der Waals surface area contributed by atoms with Gasteiger partial charge in [-0.25, -0.2) is 13.8 Å². The first-order valence-electron chi connectivity index (χ1n) is 7.62. The molecule has 3 rings (SSSR count). The number of carbonyl (C=O) groups is 1. The van der Waals surface area contributed by atoms with Crippen LogP contribution >= 0.6 is 11.8 Å². The average Bonchev–Trinajstić information content (AvgIpc) is 3.12. The Kier molecular flexibility index (Phi) is 5.52. The second-order valence-electron chi connectivity index (χ2n) is 5.24. The zero-order chi connectivity index (χ0) is 18.5. The van der Waals surface area contributed by atoms with Crippen LogP contribution in [0.15, 0.2) is 60.0 Å². The van der Waals surface area contributed by atoms with Gasteiger partial charge in [0.25, 0.3) is 0 Å². The molecule has 2 aromatic carbocycles. The topological polar surface area (TPSA) is 56.2 Å².